The first kappa shape index (κ1) is 22.1. The van der Waals surface area contributed by atoms with Crippen molar-refractivity contribution in [1.82, 2.24) is 10.3 Å². The smallest absolute Gasteiger partial charge is 0.295 e. The molecule has 0 aliphatic carbocycles. The zero-order valence-corrected chi connectivity index (χ0v) is 18.3. The number of ether oxygens (including phenoxy) is 1. The van der Waals surface area contributed by atoms with Gasteiger partial charge in [0.25, 0.3) is 9.77 Å². The van der Waals surface area contributed by atoms with Crippen LogP contribution in [0, 0.1) is 12.8 Å². The predicted octanol–water partition coefficient (Wildman–Crippen LogP) is 4.37. The summed E-state index contributed by atoms with van der Waals surface area (Å²) in [5.74, 6) is 0.144. The third-order valence-corrected chi connectivity index (χ3v) is 4.00. The molecule has 0 bridgehead atoms. The highest BCUT2D eigenvalue weighted by Crippen LogP contribution is 2.28. The Morgan fingerprint density at radius 2 is 2.00 bits per heavy atom. The van der Waals surface area contributed by atoms with Crippen LogP contribution in [0.3, 0.4) is 0 Å². The van der Waals surface area contributed by atoms with Gasteiger partial charge in [-0.15, -0.1) is 0 Å². The Bertz CT molecular complexity index is 866. The molecule has 150 valence electrons. The molecule has 0 saturated heterocycles. The van der Waals surface area contributed by atoms with E-state index in [4.69, 9.17) is 4.74 Å². The molecule has 0 aliphatic rings. The van der Waals surface area contributed by atoms with Crippen LogP contribution in [0.15, 0.2) is 36.5 Å². The fraction of sp³-hybridized carbons (Fsp3) is 0.350. The van der Waals surface area contributed by atoms with Crippen LogP contribution in [0.4, 0.5) is 10.2 Å². The van der Waals surface area contributed by atoms with Crippen molar-refractivity contribution in [2.24, 2.45) is 5.92 Å². The van der Waals surface area contributed by atoms with Gasteiger partial charge in [0, 0.05) is 53.7 Å². The van der Waals surface area contributed by atoms with Gasteiger partial charge in [0.1, 0.15) is 11.6 Å². The molecule has 1 atom stereocenters. The fourth-order valence-corrected chi connectivity index (χ4v) is 2.56. The zero-order chi connectivity index (χ0) is 20.9. The van der Waals surface area contributed by atoms with Crippen molar-refractivity contribution >= 4 is 40.2 Å². The summed E-state index contributed by atoms with van der Waals surface area (Å²) in [6.45, 7) is 6.99. The van der Waals surface area contributed by atoms with E-state index in [9.17, 15) is 14.0 Å². The minimum absolute atomic E-state index is 0.168. The lowest BCUT2D eigenvalue weighted by Gasteiger charge is -2.17. The molecule has 2 aromatic rings. The maximum atomic E-state index is 13.6. The molecule has 0 fully saturated rings. The average Bonchev–Trinajstić information content (AvgIpc) is 2.61. The first-order valence-electron chi connectivity index (χ1n) is 8.76. The zero-order valence-electron chi connectivity index (χ0n) is 16.2. The van der Waals surface area contributed by atoms with E-state index in [-0.39, 0.29) is 17.7 Å². The number of amides is 2. The molecule has 2 N–H and O–H groups in total. The number of halogens is 2. The Morgan fingerprint density at radius 1 is 1.29 bits per heavy atom. The Hall–Kier alpha value is -2.23. The van der Waals surface area contributed by atoms with Crippen molar-refractivity contribution < 1.29 is 18.7 Å². The summed E-state index contributed by atoms with van der Waals surface area (Å²) in [7, 11) is 0. The monoisotopic (exact) mass is 499 g/mol. The lowest BCUT2D eigenvalue weighted by molar-refractivity contribution is -0.118. The minimum atomic E-state index is -1.79. The minimum Gasteiger partial charge on any atom is -0.449 e. The third-order valence-electron chi connectivity index (χ3n) is 3.78. The molecule has 1 aromatic carbocycles. The molecule has 0 aliphatic heterocycles. The maximum absolute atomic E-state index is 13.6. The van der Waals surface area contributed by atoms with Gasteiger partial charge in [-0.2, -0.15) is 4.39 Å². The molecule has 2 rings (SSSR count). The standard InChI is InChI=1S/C20H23FIN3O3/c1-12(2)18(26)25-17-10-15(7-8-23-17)19(27)24-11-14-5-6-16(13(3)9-14)28-20(4,21)22/h5-10,12H,11H2,1-4H3,(H,24,27)(H,23,25,26). The molecule has 1 aromatic heterocycles. The Morgan fingerprint density at radius 3 is 2.61 bits per heavy atom. The van der Waals surface area contributed by atoms with E-state index in [1.165, 1.54) is 19.2 Å². The molecule has 0 spiro atoms. The largest absolute Gasteiger partial charge is 0.449 e. The Kier molecular flexibility index (Phi) is 7.34. The maximum Gasteiger partial charge on any atom is 0.295 e. The number of nitrogens with one attached hydrogen (secondary N) is 2. The molecule has 0 radical (unpaired) electrons. The van der Waals surface area contributed by atoms with E-state index < -0.39 is 3.86 Å². The van der Waals surface area contributed by atoms with Gasteiger partial charge in [-0.3, -0.25) is 9.59 Å². The van der Waals surface area contributed by atoms with E-state index in [0.29, 0.717) is 23.7 Å². The lowest BCUT2D eigenvalue weighted by atomic mass is 10.1. The van der Waals surface area contributed by atoms with Crippen LogP contribution < -0.4 is 15.4 Å². The molecular weight excluding hydrogens is 476 g/mol. The van der Waals surface area contributed by atoms with Crippen molar-refractivity contribution in [3.05, 3.63) is 53.2 Å². The van der Waals surface area contributed by atoms with Crippen molar-refractivity contribution in [2.75, 3.05) is 5.32 Å². The first-order valence-corrected chi connectivity index (χ1v) is 9.84. The van der Waals surface area contributed by atoms with Crippen LogP contribution in [-0.2, 0) is 11.3 Å². The molecule has 28 heavy (non-hydrogen) atoms. The normalized spacial score (nSPS) is 13.0. The second-order valence-corrected chi connectivity index (χ2v) is 8.69. The van der Waals surface area contributed by atoms with Crippen LogP contribution >= 0.6 is 22.6 Å². The Balaban J connectivity index is 2.00. The van der Waals surface area contributed by atoms with Gasteiger partial charge >= 0.3 is 0 Å². The summed E-state index contributed by atoms with van der Waals surface area (Å²) in [5.41, 5.74) is 2.02. The fourth-order valence-electron chi connectivity index (χ4n) is 2.32. The molecule has 0 saturated carbocycles. The Labute approximate surface area is 177 Å². The molecule has 8 heteroatoms. The van der Waals surface area contributed by atoms with E-state index in [2.05, 4.69) is 15.6 Å². The number of aryl methyl sites for hydroxylation is 1. The second-order valence-electron chi connectivity index (χ2n) is 6.77. The SMILES string of the molecule is Cc1cc(CNC(=O)c2ccnc(NC(=O)C(C)C)c2)ccc1OC(C)(F)I. The molecule has 1 heterocycles. The average molecular weight is 499 g/mol. The van der Waals surface area contributed by atoms with E-state index in [1.807, 2.05) is 13.0 Å². The highest BCUT2D eigenvalue weighted by atomic mass is 127. The number of carbonyl (C=O) groups excluding carboxylic acids is 2. The van der Waals surface area contributed by atoms with E-state index in [1.54, 1.807) is 54.6 Å². The lowest BCUT2D eigenvalue weighted by Crippen LogP contribution is -2.24. The highest BCUT2D eigenvalue weighted by Gasteiger charge is 2.20. The number of pyridine rings is 1. The van der Waals surface area contributed by atoms with Crippen LogP contribution in [-0.4, -0.2) is 20.7 Å². The number of benzene rings is 1. The van der Waals surface area contributed by atoms with Crippen LogP contribution in [0.1, 0.15) is 42.3 Å². The molecule has 6 nitrogen and oxygen atoms in total. The number of alkyl halides is 2. The van der Waals surface area contributed by atoms with Gasteiger partial charge in [0.15, 0.2) is 0 Å². The summed E-state index contributed by atoms with van der Waals surface area (Å²) in [5, 5.41) is 5.49. The molecule has 1 unspecified atom stereocenters. The van der Waals surface area contributed by atoms with Crippen molar-refractivity contribution in [2.45, 2.75) is 38.1 Å². The highest BCUT2D eigenvalue weighted by molar-refractivity contribution is 14.1. The van der Waals surface area contributed by atoms with Crippen LogP contribution in [0.5, 0.6) is 5.75 Å². The summed E-state index contributed by atoms with van der Waals surface area (Å²) in [6, 6.07) is 8.38. The predicted molar refractivity (Wildman–Crippen MR) is 114 cm³/mol. The third kappa shape index (κ3) is 6.74. The van der Waals surface area contributed by atoms with Crippen molar-refractivity contribution in [3.8, 4) is 5.75 Å². The number of aromatic nitrogens is 1. The molecule has 2 amide bonds. The summed E-state index contributed by atoms with van der Waals surface area (Å²) in [4.78, 5) is 28.2. The number of nitrogens with zero attached hydrogens (tertiary/aromatic N) is 1. The second kappa shape index (κ2) is 9.31. The van der Waals surface area contributed by atoms with Crippen LogP contribution in [0.2, 0.25) is 0 Å². The number of hydrogen-bond donors (Lipinski definition) is 2. The van der Waals surface area contributed by atoms with Gasteiger partial charge < -0.3 is 15.4 Å². The summed E-state index contributed by atoms with van der Waals surface area (Å²) < 4.78 is 17.1. The summed E-state index contributed by atoms with van der Waals surface area (Å²) >= 11 is 1.57. The summed E-state index contributed by atoms with van der Waals surface area (Å²) in [6.07, 6.45) is 1.47. The number of anilines is 1. The number of rotatable bonds is 7. The van der Waals surface area contributed by atoms with Gasteiger partial charge in [0.05, 0.1) is 0 Å². The van der Waals surface area contributed by atoms with Crippen LogP contribution in [0.25, 0.3) is 0 Å². The van der Waals surface area contributed by atoms with Gasteiger partial charge in [0.2, 0.25) is 5.91 Å². The van der Waals surface area contributed by atoms with Crippen molar-refractivity contribution in [1.29, 1.82) is 0 Å². The van der Waals surface area contributed by atoms with Gasteiger partial charge in [-0.25, -0.2) is 4.98 Å². The van der Waals surface area contributed by atoms with E-state index in [0.717, 1.165) is 11.1 Å². The quantitative estimate of drug-likeness (QED) is 0.438. The van der Waals surface area contributed by atoms with Crippen molar-refractivity contribution in [3.63, 3.8) is 0 Å². The van der Waals surface area contributed by atoms with Gasteiger partial charge in [-0.1, -0.05) is 26.0 Å². The topological polar surface area (TPSA) is 80.3 Å². The first-order chi connectivity index (χ1) is 13.0. The number of hydrogen-bond acceptors (Lipinski definition) is 4. The number of carbonyl (C=O) groups is 2. The van der Waals surface area contributed by atoms with E-state index >= 15 is 0 Å². The molecular formula is C20H23FIN3O3. The van der Waals surface area contributed by atoms with Gasteiger partial charge in [-0.05, 0) is 36.2 Å².